The Hall–Kier alpha value is -1.04. The molecule has 0 bridgehead atoms. The Morgan fingerprint density at radius 3 is 1.69 bits per heavy atom. The van der Waals surface area contributed by atoms with E-state index in [9.17, 15) is 14.0 Å². The third kappa shape index (κ3) is 15.5. The first kappa shape index (κ1) is 36.0. The van der Waals surface area contributed by atoms with Crippen LogP contribution in [-0.2, 0) is 18.0 Å². The third-order valence-electron chi connectivity index (χ3n) is 7.41. The molecule has 0 aromatic rings. The third-order valence-corrected chi connectivity index (χ3v) is 9.57. The minimum Gasteiger partial charge on any atom is -0.302 e. The molecule has 0 radical (unpaired) electrons. The van der Waals surface area contributed by atoms with Gasteiger partial charge in [-0.15, -0.1) is 0 Å². The molecule has 0 aliphatic heterocycles. The normalized spacial score (nSPS) is 23.8. The van der Waals surface area contributed by atoms with Crippen LogP contribution in [-0.4, -0.2) is 21.3 Å². The van der Waals surface area contributed by atoms with Crippen LogP contribution in [0.3, 0.4) is 0 Å². The van der Waals surface area contributed by atoms with Crippen molar-refractivity contribution < 1.29 is 32.6 Å². The van der Waals surface area contributed by atoms with E-state index in [4.69, 9.17) is 14.3 Å². The van der Waals surface area contributed by atoms with Crippen molar-refractivity contribution in [2.75, 3.05) is 6.61 Å². The SMILES string of the molecule is CC(C)=CCCC(C)=CCCC(C)=C[C@H]1[C@H](COP(=O)(O)OP(=O)(O)O)[C@@]1(C)CCC=C(C)CCC=C(C)C. The average molecular weight is 587 g/mol. The van der Waals surface area contributed by atoms with Crippen LogP contribution in [0.5, 0.6) is 0 Å². The van der Waals surface area contributed by atoms with Crippen molar-refractivity contribution in [3.05, 3.63) is 58.2 Å². The zero-order chi connectivity index (χ0) is 29.9. The standard InChI is InChI=1S/C30H52O7P2/c1-23(2)13-9-15-25(5)17-11-18-27(7)21-28-29(22-36-39(34,35)37-38(31,32)33)30(28,8)20-12-19-26(6)16-10-14-24(3)4/h13-14,17,19,21,28-29H,9-12,15-16,18,20,22H2,1-8H3,(H,34,35)(H2,31,32,33)/t28-,29-,30-/m0/s1. The largest absolute Gasteiger partial charge is 0.481 e. The zero-order valence-corrected chi connectivity index (χ0v) is 27.1. The lowest BCUT2D eigenvalue weighted by molar-refractivity contribution is 0.166. The number of hydrogen-bond acceptors (Lipinski definition) is 4. The van der Waals surface area contributed by atoms with E-state index in [0.29, 0.717) is 0 Å². The molecule has 0 aromatic heterocycles. The average Bonchev–Trinajstić information content (AvgIpc) is 3.31. The van der Waals surface area contributed by atoms with Crippen molar-refractivity contribution in [2.24, 2.45) is 17.3 Å². The molecular formula is C30H52O7P2. The smallest absolute Gasteiger partial charge is 0.302 e. The maximum absolute atomic E-state index is 12.0. The molecular weight excluding hydrogens is 534 g/mol. The second-order valence-corrected chi connectivity index (χ2v) is 14.6. The summed E-state index contributed by atoms with van der Waals surface area (Å²) < 4.78 is 32.1. The monoisotopic (exact) mass is 586 g/mol. The number of hydrogen-bond donors (Lipinski definition) is 3. The fourth-order valence-electron chi connectivity index (χ4n) is 4.93. The number of allylic oxidation sites excluding steroid dienone is 10. The molecule has 1 unspecified atom stereocenters. The van der Waals surface area contributed by atoms with Crippen LogP contribution in [0.25, 0.3) is 0 Å². The molecule has 1 aliphatic carbocycles. The van der Waals surface area contributed by atoms with Crippen molar-refractivity contribution >= 4 is 15.6 Å². The van der Waals surface area contributed by atoms with Gasteiger partial charge in [0, 0.05) is 0 Å². The summed E-state index contributed by atoms with van der Waals surface area (Å²) in [7, 11) is -10.0. The number of phosphoric ester groups is 1. The summed E-state index contributed by atoms with van der Waals surface area (Å²) in [5.74, 6) is 0.101. The zero-order valence-electron chi connectivity index (χ0n) is 25.3. The van der Waals surface area contributed by atoms with Gasteiger partial charge in [-0.1, -0.05) is 65.2 Å². The number of phosphoric acid groups is 2. The molecule has 1 fully saturated rings. The topological polar surface area (TPSA) is 113 Å². The van der Waals surface area contributed by atoms with E-state index in [1.54, 1.807) is 0 Å². The van der Waals surface area contributed by atoms with Gasteiger partial charge in [-0.2, -0.15) is 4.31 Å². The van der Waals surface area contributed by atoms with Crippen LogP contribution in [0.2, 0.25) is 0 Å². The first-order valence-electron chi connectivity index (χ1n) is 13.9. The van der Waals surface area contributed by atoms with E-state index >= 15 is 0 Å². The van der Waals surface area contributed by atoms with E-state index < -0.39 is 15.6 Å². The van der Waals surface area contributed by atoms with E-state index in [0.717, 1.165) is 51.4 Å². The summed E-state index contributed by atoms with van der Waals surface area (Å²) in [5.41, 5.74) is 6.50. The maximum Gasteiger partial charge on any atom is 0.481 e. The fraction of sp³-hybridized carbons (Fsp3) is 0.667. The summed E-state index contributed by atoms with van der Waals surface area (Å²) >= 11 is 0. The molecule has 224 valence electrons. The molecule has 39 heavy (non-hydrogen) atoms. The van der Waals surface area contributed by atoms with Crippen LogP contribution in [0.15, 0.2) is 58.2 Å². The Bertz CT molecular complexity index is 1040. The summed E-state index contributed by atoms with van der Waals surface area (Å²) in [4.78, 5) is 27.6. The molecule has 1 aliphatic rings. The van der Waals surface area contributed by atoms with Gasteiger partial charge in [-0.25, -0.2) is 9.13 Å². The molecule has 1 saturated carbocycles. The van der Waals surface area contributed by atoms with Gasteiger partial charge < -0.3 is 14.7 Å². The molecule has 0 heterocycles. The van der Waals surface area contributed by atoms with Crippen LogP contribution in [0, 0.1) is 17.3 Å². The van der Waals surface area contributed by atoms with Gasteiger partial charge in [0.15, 0.2) is 0 Å². The van der Waals surface area contributed by atoms with Crippen LogP contribution in [0.4, 0.5) is 0 Å². The molecule has 4 atom stereocenters. The number of rotatable bonds is 18. The Morgan fingerprint density at radius 1 is 0.744 bits per heavy atom. The predicted molar refractivity (Wildman–Crippen MR) is 161 cm³/mol. The maximum atomic E-state index is 12.0. The van der Waals surface area contributed by atoms with Crippen molar-refractivity contribution in [3.63, 3.8) is 0 Å². The molecule has 9 heteroatoms. The van der Waals surface area contributed by atoms with Gasteiger partial charge >= 0.3 is 15.6 Å². The Balaban J connectivity index is 2.85. The summed E-state index contributed by atoms with van der Waals surface area (Å²) in [6.07, 6.45) is 19.1. The van der Waals surface area contributed by atoms with Crippen LogP contribution >= 0.6 is 15.6 Å². The second kappa shape index (κ2) is 16.4. The highest BCUT2D eigenvalue weighted by molar-refractivity contribution is 7.60. The second-order valence-electron chi connectivity index (χ2n) is 11.8. The van der Waals surface area contributed by atoms with E-state index in [-0.39, 0.29) is 23.9 Å². The summed E-state index contributed by atoms with van der Waals surface area (Å²) in [6.45, 7) is 16.9. The van der Waals surface area contributed by atoms with Gasteiger partial charge in [-0.3, -0.25) is 4.52 Å². The molecule has 1 rings (SSSR count). The van der Waals surface area contributed by atoms with E-state index in [2.05, 4.69) is 90.1 Å². The molecule has 3 N–H and O–H groups in total. The highest BCUT2D eigenvalue weighted by atomic mass is 31.3. The molecule has 7 nitrogen and oxygen atoms in total. The first-order chi connectivity index (χ1) is 17.9. The minimum atomic E-state index is -5.15. The lowest BCUT2D eigenvalue weighted by Gasteiger charge is -2.14. The lowest BCUT2D eigenvalue weighted by atomic mass is 9.95. The summed E-state index contributed by atoms with van der Waals surface area (Å²) in [6, 6.07) is 0. The predicted octanol–water partition coefficient (Wildman–Crippen LogP) is 9.36. The van der Waals surface area contributed by atoms with E-state index in [1.165, 1.54) is 27.9 Å². The quantitative estimate of drug-likeness (QED) is 0.108. The highest BCUT2D eigenvalue weighted by Gasteiger charge is 2.59. The molecule has 0 aromatic carbocycles. The van der Waals surface area contributed by atoms with Crippen molar-refractivity contribution in [3.8, 4) is 0 Å². The Morgan fingerprint density at radius 2 is 1.21 bits per heavy atom. The highest BCUT2D eigenvalue weighted by Crippen LogP contribution is 2.65. The first-order valence-corrected chi connectivity index (χ1v) is 17.0. The van der Waals surface area contributed by atoms with Crippen LogP contribution in [0.1, 0.15) is 107 Å². The Labute approximate surface area is 237 Å². The van der Waals surface area contributed by atoms with Crippen LogP contribution < -0.4 is 0 Å². The van der Waals surface area contributed by atoms with Gasteiger partial charge in [0.25, 0.3) is 0 Å². The van der Waals surface area contributed by atoms with Gasteiger partial charge in [0.1, 0.15) is 0 Å². The lowest BCUT2D eigenvalue weighted by Crippen LogP contribution is -2.04. The van der Waals surface area contributed by atoms with E-state index in [1.807, 2.05) is 0 Å². The van der Waals surface area contributed by atoms with Gasteiger partial charge in [0.2, 0.25) is 0 Å². The molecule has 0 spiro atoms. The van der Waals surface area contributed by atoms with Crippen molar-refractivity contribution in [2.45, 2.75) is 107 Å². The van der Waals surface area contributed by atoms with Gasteiger partial charge in [0.05, 0.1) is 6.61 Å². The van der Waals surface area contributed by atoms with Crippen molar-refractivity contribution in [1.29, 1.82) is 0 Å². The Kier molecular flexibility index (Phi) is 15.1. The summed E-state index contributed by atoms with van der Waals surface area (Å²) in [5, 5.41) is 0. The molecule has 0 saturated heterocycles. The molecule has 0 amide bonds. The fourth-order valence-corrected chi connectivity index (χ4v) is 6.54. The van der Waals surface area contributed by atoms with Crippen molar-refractivity contribution in [1.82, 2.24) is 0 Å². The van der Waals surface area contributed by atoms with Gasteiger partial charge in [-0.05, 0) is 117 Å². The minimum absolute atomic E-state index is 0.0472.